The van der Waals surface area contributed by atoms with Crippen molar-refractivity contribution in [1.82, 2.24) is 14.8 Å². The van der Waals surface area contributed by atoms with Gasteiger partial charge in [-0.25, -0.2) is 4.98 Å². The van der Waals surface area contributed by atoms with Gasteiger partial charge in [0.15, 0.2) is 0 Å². The first-order valence-corrected chi connectivity index (χ1v) is 10.4. The molecule has 4 nitrogen and oxygen atoms in total. The van der Waals surface area contributed by atoms with Crippen LogP contribution < -0.4 is 0 Å². The normalized spacial score (nSPS) is 21.0. The fraction of sp³-hybridized carbons (Fsp3) is 0.524. The first-order valence-electron chi connectivity index (χ1n) is 9.55. The number of fused-ring (bicyclic) bond motifs is 1. The summed E-state index contributed by atoms with van der Waals surface area (Å²) in [6.45, 7) is 6.04. The van der Waals surface area contributed by atoms with Crippen molar-refractivity contribution >= 4 is 17.2 Å². The number of thiazole rings is 1. The highest BCUT2D eigenvalue weighted by atomic mass is 32.1. The first-order chi connectivity index (χ1) is 12.5. The number of nitrogens with zero attached hydrogens (tertiary/aromatic N) is 3. The van der Waals surface area contributed by atoms with E-state index in [0.29, 0.717) is 12.1 Å². The molecule has 1 aliphatic carbocycles. The summed E-state index contributed by atoms with van der Waals surface area (Å²) in [5.41, 5.74) is 3.86. The number of likely N-dealkylation sites (tertiary alicyclic amines) is 1. The number of carbonyl (C=O) groups is 1. The van der Waals surface area contributed by atoms with E-state index >= 15 is 0 Å². The summed E-state index contributed by atoms with van der Waals surface area (Å²) in [5.74, 6) is 0.134. The largest absolute Gasteiger partial charge is 0.337 e. The number of likely N-dealkylation sites (N-methyl/N-ethyl adjacent to an activating group) is 1. The van der Waals surface area contributed by atoms with Crippen LogP contribution in [-0.2, 0) is 12.8 Å². The molecule has 1 unspecified atom stereocenters. The molecule has 4 rings (SSSR count). The van der Waals surface area contributed by atoms with Crippen molar-refractivity contribution in [2.24, 2.45) is 0 Å². The van der Waals surface area contributed by atoms with Crippen LogP contribution in [0.5, 0.6) is 0 Å². The molecule has 1 aliphatic heterocycles. The van der Waals surface area contributed by atoms with Gasteiger partial charge in [-0.1, -0.05) is 24.3 Å². The van der Waals surface area contributed by atoms with Gasteiger partial charge < -0.3 is 4.90 Å². The number of rotatable bonds is 3. The second-order valence-corrected chi connectivity index (χ2v) is 8.89. The molecule has 0 saturated carbocycles. The summed E-state index contributed by atoms with van der Waals surface area (Å²) in [6, 6.07) is 9.70. The van der Waals surface area contributed by atoms with Crippen molar-refractivity contribution in [2.75, 3.05) is 20.1 Å². The van der Waals surface area contributed by atoms with Crippen molar-refractivity contribution in [3.8, 4) is 0 Å². The van der Waals surface area contributed by atoms with Gasteiger partial charge in [0, 0.05) is 25.7 Å². The van der Waals surface area contributed by atoms with Crippen LogP contribution in [0.15, 0.2) is 24.3 Å². The Bertz CT molecular complexity index is 790. The van der Waals surface area contributed by atoms with E-state index in [-0.39, 0.29) is 5.91 Å². The maximum Gasteiger partial charge on any atom is 0.265 e. The number of piperidine rings is 1. The molecule has 2 aliphatic rings. The van der Waals surface area contributed by atoms with Gasteiger partial charge in [-0.3, -0.25) is 9.69 Å². The third-order valence-corrected chi connectivity index (χ3v) is 7.00. The summed E-state index contributed by atoms with van der Waals surface area (Å²) in [6.07, 6.45) is 4.55. The van der Waals surface area contributed by atoms with Gasteiger partial charge >= 0.3 is 0 Å². The zero-order valence-electron chi connectivity index (χ0n) is 15.9. The molecule has 1 saturated heterocycles. The van der Waals surface area contributed by atoms with Gasteiger partial charge in [-0.2, -0.15) is 0 Å². The van der Waals surface area contributed by atoms with E-state index in [0.717, 1.165) is 54.4 Å². The van der Waals surface area contributed by atoms with E-state index in [9.17, 15) is 4.79 Å². The Labute approximate surface area is 159 Å². The van der Waals surface area contributed by atoms with Crippen molar-refractivity contribution in [3.63, 3.8) is 0 Å². The van der Waals surface area contributed by atoms with Crippen LogP contribution in [0.1, 0.15) is 44.3 Å². The predicted octanol–water partition coefficient (Wildman–Crippen LogP) is 3.46. The fourth-order valence-corrected chi connectivity index (χ4v) is 5.38. The summed E-state index contributed by atoms with van der Waals surface area (Å²) in [4.78, 5) is 22.8. The maximum absolute atomic E-state index is 13.0. The molecule has 1 amide bonds. The van der Waals surface area contributed by atoms with Crippen LogP contribution in [-0.4, -0.2) is 52.9 Å². The minimum atomic E-state index is 0.134. The Kier molecular flexibility index (Phi) is 4.84. The lowest BCUT2D eigenvalue weighted by Gasteiger charge is -2.40. The van der Waals surface area contributed by atoms with Crippen molar-refractivity contribution in [1.29, 1.82) is 0 Å². The summed E-state index contributed by atoms with van der Waals surface area (Å²) < 4.78 is 0. The predicted molar refractivity (Wildman–Crippen MR) is 106 cm³/mol. The molecule has 0 radical (unpaired) electrons. The third-order valence-electron chi connectivity index (χ3n) is 5.94. The smallest absolute Gasteiger partial charge is 0.265 e. The molecule has 1 aromatic heterocycles. The number of aromatic nitrogens is 1. The summed E-state index contributed by atoms with van der Waals surface area (Å²) >= 11 is 1.52. The highest BCUT2D eigenvalue weighted by Gasteiger charge is 2.33. The van der Waals surface area contributed by atoms with Crippen LogP contribution in [0, 0.1) is 13.8 Å². The second kappa shape index (κ2) is 7.12. The zero-order chi connectivity index (χ0) is 18.3. The van der Waals surface area contributed by atoms with Crippen LogP contribution >= 0.6 is 11.3 Å². The van der Waals surface area contributed by atoms with Gasteiger partial charge in [-0.05, 0) is 57.2 Å². The minimum absolute atomic E-state index is 0.134. The number of hydrogen-bond acceptors (Lipinski definition) is 4. The third kappa shape index (κ3) is 3.30. The number of carbonyl (C=O) groups excluding carboxylic acids is 1. The molecule has 5 heteroatoms. The molecule has 1 atom stereocenters. The molecule has 0 N–H and O–H groups in total. The van der Waals surface area contributed by atoms with Gasteiger partial charge in [0.05, 0.1) is 10.7 Å². The summed E-state index contributed by atoms with van der Waals surface area (Å²) in [5, 5.41) is 0.966. The maximum atomic E-state index is 13.0. The number of benzene rings is 1. The fourth-order valence-electron chi connectivity index (χ4n) is 4.48. The second-order valence-electron chi connectivity index (χ2n) is 7.69. The molecule has 26 heavy (non-hydrogen) atoms. The molecule has 2 heterocycles. The Balaban J connectivity index is 1.44. The lowest BCUT2D eigenvalue weighted by molar-refractivity contribution is 0.0559. The van der Waals surface area contributed by atoms with Gasteiger partial charge in [0.1, 0.15) is 4.88 Å². The van der Waals surface area contributed by atoms with Crippen molar-refractivity contribution < 1.29 is 4.79 Å². The van der Waals surface area contributed by atoms with Gasteiger partial charge in [-0.15, -0.1) is 11.3 Å². The molecule has 2 aromatic rings. The Morgan fingerprint density at radius 1 is 1.23 bits per heavy atom. The summed E-state index contributed by atoms with van der Waals surface area (Å²) in [7, 11) is 1.97. The van der Waals surface area contributed by atoms with Crippen LogP contribution in [0.2, 0.25) is 0 Å². The Morgan fingerprint density at radius 2 is 1.92 bits per heavy atom. The topological polar surface area (TPSA) is 36.4 Å². The zero-order valence-corrected chi connectivity index (χ0v) is 16.7. The highest BCUT2D eigenvalue weighted by Crippen LogP contribution is 2.29. The van der Waals surface area contributed by atoms with E-state index in [1.54, 1.807) is 0 Å². The monoisotopic (exact) mass is 369 g/mol. The molecule has 1 fully saturated rings. The Morgan fingerprint density at radius 3 is 2.54 bits per heavy atom. The molecular formula is C21H27N3OS. The first kappa shape index (κ1) is 17.7. The van der Waals surface area contributed by atoms with E-state index < -0.39 is 0 Å². The average molecular weight is 370 g/mol. The van der Waals surface area contributed by atoms with E-state index in [2.05, 4.69) is 34.1 Å². The number of hydrogen-bond donors (Lipinski definition) is 0. The lowest BCUT2D eigenvalue weighted by Crippen LogP contribution is -2.51. The minimum Gasteiger partial charge on any atom is -0.337 e. The van der Waals surface area contributed by atoms with E-state index in [1.807, 2.05) is 25.8 Å². The van der Waals surface area contributed by atoms with Crippen LogP contribution in [0.3, 0.4) is 0 Å². The molecule has 1 aromatic carbocycles. The standard InChI is InChI=1S/C21H27N3OS/c1-14-20(26-15(2)22-14)21(25)23(3)18-9-6-10-24(13-18)19-11-16-7-4-5-8-17(16)12-19/h4-5,7-8,18-19H,6,9-13H2,1-3H3. The van der Waals surface area contributed by atoms with Crippen molar-refractivity contribution in [2.45, 2.75) is 51.6 Å². The highest BCUT2D eigenvalue weighted by molar-refractivity contribution is 7.13. The van der Waals surface area contributed by atoms with Gasteiger partial charge in [0.25, 0.3) is 5.91 Å². The lowest BCUT2D eigenvalue weighted by atomic mass is 10.0. The van der Waals surface area contributed by atoms with E-state index in [4.69, 9.17) is 0 Å². The number of amides is 1. The molecule has 0 bridgehead atoms. The van der Waals surface area contributed by atoms with Gasteiger partial charge in [0.2, 0.25) is 0 Å². The Hall–Kier alpha value is -1.72. The SMILES string of the molecule is Cc1nc(C)c(C(=O)N(C)C2CCCN(C3Cc4ccccc4C3)C2)s1. The van der Waals surface area contributed by atoms with E-state index in [1.165, 1.54) is 22.5 Å². The molecule has 138 valence electrons. The molecular weight excluding hydrogens is 342 g/mol. The van der Waals surface area contributed by atoms with Crippen LogP contribution in [0.4, 0.5) is 0 Å². The van der Waals surface area contributed by atoms with Crippen LogP contribution in [0.25, 0.3) is 0 Å². The average Bonchev–Trinajstić information content (AvgIpc) is 3.23. The van der Waals surface area contributed by atoms with Crippen molar-refractivity contribution in [3.05, 3.63) is 51.0 Å². The number of aryl methyl sites for hydroxylation is 2. The molecule has 0 spiro atoms. The quantitative estimate of drug-likeness (QED) is 0.831.